The van der Waals surface area contributed by atoms with Crippen molar-refractivity contribution in [3.63, 3.8) is 0 Å². The molecule has 14 heavy (non-hydrogen) atoms. The van der Waals surface area contributed by atoms with E-state index in [-0.39, 0.29) is 6.10 Å². The fourth-order valence-electron chi connectivity index (χ4n) is 1.23. The van der Waals surface area contributed by atoms with Crippen molar-refractivity contribution in [2.75, 3.05) is 13.2 Å². The highest BCUT2D eigenvalue weighted by molar-refractivity contribution is 4.92. The van der Waals surface area contributed by atoms with Crippen LogP contribution in [0.1, 0.15) is 46.5 Å². The first kappa shape index (κ1) is 13.7. The summed E-state index contributed by atoms with van der Waals surface area (Å²) in [5, 5.41) is 9.40. The van der Waals surface area contributed by atoms with Crippen LogP contribution >= 0.6 is 0 Å². The smallest absolute Gasteiger partial charge is 0.0562 e. The molecule has 0 aromatic heterocycles. The van der Waals surface area contributed by atoms with E-state index in [0.717, 1.165) is 32.3 Å². The SMILES string of the molecule is CCCC(O)CCOCCC=C(C)C. The molecule has 84 valence electrons. The van der Waals surface area contributed by atoms with Gasteiger partial charge in [0, 0.05) is 6.61 Å². The number of allylic oxidation sites excluding steroid dienone is 1. The van der Waals surface area contributed by atoms with Crippen molar-refractivity contribution in [1.82, 2.24) is 0 Å². The van der Waals surface area contributed by atoms with E-state index in [4.69, 9.17) is 4.74 Å². The van der Waals surface area contributed by atoms with Crippen LogP contribution in [0, 0.1) is 0 Å². The number of rotatable bonds is 8. The molecule has 0 amide bonds. The zero-order valence-corrected chi connectivity index (χ0v) is 9.75. The third-order valence-electron chi connectivity index (χ3n) is 2.03. The largest absolute Gasteiger partial charge is 0.393 e. The molecule has 0 aliphatic heterocycles. The second-order valence-electron chi connectivity index (χ2n) is 3.91. The van der Waals surface area contributed by atoms with Crippen LogP contribution < -0.4 is 0 Å². The van der Waals surface area contributed by atoms with Gasteiger partial charge >= 0.3 is 0 Å². The average molecular weight is 200 g/mol. The van der Waals surface area contributed by atoms with Crippen LogP contribution in [0.5, 0.6) is 0 Å². The van der Waals surface area contributed by atoms with Crippen LogP contribution in [0.2, 0.25) is 0 Å². The van der Waals surface area contributed by atoms with E-state index in [0.29, 0.717) is 6.61 Å². The fourth-order valence-corrected chi connectivity index (χ4v) is 1.23. The van der Waals surface area contributed by atoms with Crippen LogP contribution in [0.25, 0.3) is 0 Å². The van der Waals surface area contributed by atoms with E-state index in [2.05, 4.69) is 26.8 Å². The summed E-state index contributed by atoms with van der Waals surface area (Å²) in [6, 6.07) is 0. The van der Waals surface area contributed by atoms with Crippen molar-refractivity contribution in [1.29, 1.82) is 0 Å². The Balaban J connectivity index is 3.17. The lowest BCUT2D eigenvalue weighted by atomic mass is 10.1. The molecule has 0 radical (unpaired) electrons. The van der Waals surface area contributed by atoms with Crippen LogP contribution in [-0.4, -0.2) is 24.4 Å². The average Bonchev–Trinajstić information content (AvgIpc) is 2.11. The topological polar surface area (TPSA) is 29.5 Å². The first-order chi connectivity index (χ1) is 6.66. The van der Waals surface area contributed by atoms with Crippen LogP contribution in [0.3, 0.4) is 0 Å². The molecule has 0 aliphatic carbocycles. The predicted octanol–water partition coefficient (Wildman–Crippen LogP) is 2.91. The van der Waals surface area contributed by atoms with Crippen molar-refractivity contribution in [3.05, 3.63) is 11.6 Å². The number of hydrogen-bond acceptors (Lipinski definition) is 2. The van der Waals surface area contributed by atoms with Gasteiger partial charge < -0.3 is 9.84 Å². The van der Waals surface area contributed by atoms with Gasteiger partial charge in [0.2, 0.25) is 0 Å². The molecular formula is C12H24O2. The highest BCUT2D eigenvalue weighted by atomic mass is 16.5. The second kappa shape index (κ2) is 9.22. The molecular weight excluding hydrogens is 176 g/mol. The first-order valence-electron chi connectivity index (χ1n) is 5.56. The molecule has 0 aromatic carbocycles. The Hall–Kier alpha value is -0.340. The Morgan fingerprint density at radius 2 is 2.00 bits per heavy atom. The van der Waals surface area contributed by atoms with Gasteiger partial charge in [-0.3, -0.25) is 0 Å². The first-order valence-corrected chi connectivity index (χ1v) is 5.56. The van der Waals surface area contributed by atoms with Gasteiger partial charge in [0.25, 0.3) is 0 Å². The quantitative estimate of drug-likeness (QED) is 0.482. The van der Waals surface area contributed by atoms with Gasteiger partial charge in [0.15, 0.2) is 0 Å². The fraction of sp³-hybridized carbons (Fsp3) is 0.833. The summed E-state index contributed by atoms with van der Waals surface area (Å²) in [7, 11) is 0. The van der Waals surface area contributed by atoms with Crippen molar-refractivity contribution in [2.24, 2.45) is 0 Å². The lowest BCUT2D eigenvalue weighted by molar-refractivity contribution is 0.0799. The van der Waals surface area contributed by atoms with Crippen LogP contribution in [-0.2, 0) is 4.74 Å². The highest BCUT2D eigenvalue weighted by Gasteiger charge is 2.01. The zero-order valence-electron chi connectivity index (χ0n) is 9.75. The Morgan fingerprint density at radius 1 is 1.29 bits per heavy atom. The van der Waals surface area contributed by atoms with E-state index in [1.807, 2.05) is 0 Å². The van der Waals surface area contributed by atoms with E-state index in [9.17, 15) is 5.11 Å². The summed E-state index contributed by atoms with van der Waals surface area (Å²) >= 11 is 0. The molecule has 0 rings (SSSR count). The lowest BCUT2D eigenvalue weighted by Gasteiger charge is -2.08. The molecule has 0 bridgehead atoms. The van der Waals surface area contributed by atoms with Crippen LogP contribution in [0.15, 0.2) is 11.6 Å². The summed E-state index contributed by atoms with van der Waals surface area (Å²) in [4.78, 5) is 0. The number of hydrogen-bond donors (Lipinski definition) is 1. The maximum Gasteiger partial charge on any atom is 0.0562 e. The summed E-state index contributed by atoms with van der Waals surface area (Å²) in [5.74, 6) is 0. The van der Waals surface area contributed by atoms with Gasteiger partial charge in [-0.15, -0.1) is 0 Å². The molecule has 0 heterocycles. The summed E-state index contributed by atoms with van der Waals surface area (Å²) in [6.45, 7) is 7.71. The predicted molar refractivity (Wildman–Crippen MR) is 60.4 cm³/mol. The molecule has 2 heteroatoms. The number of aliphatic hydroxyl groups is 1. The number of ether oxygens (including phenoxy) is 1. The van der Waals surface area contributed by atoms with Crippen molar-refractivity contribution in [3.8, 4) is 0 Å². The molecule has 1 atom stereocenters. The molecule has 0 spiro atoms. The van der Waals surface area contributed by atoms with Gasteiger partial charge in [-0.25, -0.2) is 0 Å². The standard InChI is InChI=1S/C12H24O2/c1-4-6-12(13)8-10-14-9-5-7-11(2)3/h7,12-13H,4-6,8-10H2,1-3H3. The van der Waals surface area contributed by atoms with Crippen molar-refractivity contribution in [2.45, 2.75) is 52.6 Å². The summed E-state index contributed by atoms with van der Waals surface area (Å²) in [5.41, 5.74) is 1.33. The summed E-state index contributed by atoms with van der Waals surface area (Å²) < 4.78 is 5.40. The molecule has 1 N–H and O–H groups in total. The van der Waals surface area contributed by atoms with E-state index < -0.39 is 0 Å². The number of aliphatic hydroxyl groups excluding tert-OH is 1. The van der Waals surface area contributed by atoms with E-state index in [1.54, 1.807) is 0 Å². The minimum atomic E-state index is -0.177. The zero-order chi connectivity index (χ0) is 10.8. The molecule has 0 aliphatic rings. The molecule has 0 saturated carbocycles. The second-order valence-corrected chi connectivity index (χ2v) is 3.91. The van der Waals surface area contributed by atoms with Crippen molar-refractivity contribution >= 4 is 0 Å². The van der Waals surface area contributed by atoms with Gasteiger partial charge in [-0.2, -0.15) is 0 Å². The Morgan fingerprint density at radius 3 is 2.57 bits per heavy atom. The van der Waals surface area contributed by atoms with E-state index in [1.165, 1.54) is 5.57 Å². The van der Waals surface area contributed by atoms with Gasteiger partial charge in [-0.05, 0) is 33.1 Å². The Labute approximate surface area is 88.0 Å². The maximum absolute atomic E-state index is 9.40. The Kier molecular flexibility index (Phi) is 9.00. The van der Waals surface area contributed by atoms with E-state index >= 15 is 0 Å². The van der Waals surface area contributed by atoms with Crippen LogP contribution in [0.4, 0.5) is 0 Å². The molecule has 2 nitrogen and oxygen atoms in total. The normalized spacial score (nSPS) is 12.6. The third-order valence-corrected chi connectivity index (χ3v) is 2.03. The summed E-state index contributed by atoms with van der Waals surface area (Å²) in [6.07, 6.45) is 5.66. The molecule has 0 fully saturated rings. The minimum absolute atomic E-state index is 0.177. The molecule has 1 unspecified atom stereocenters. The van der Waals surface area contributed by atoms with Gasteiger partial charge in [-0.1, -0.05) is 25.0 Å². The monoisotopic (exact) mass is 200 g/mol. The lowest BCUT2D eigenvalue weighted by Crippen LogP contribution is -2.10. The maximum atomic E-state index is 9.40. The minimum Gasteiger partial charge on any atom is -0.393 e. The third kappa shape index (κ3) is 9.75. The molecule has 0 aromatic rings. The van der Waals surface area contributed by atoms with Crippen molar-refractivity contribution < 1.29 is 9.84 Å². The molecule has 0 saturated heterocycles. The Bertz CT molecular complexity index is 148. The van der Waals surface area contributed by atoms with Gasteiger partial charge in [0.1, 0.15) is 0 Å². The highest BCUT2D eigenvalue weighted by Crippen LogP contribution is 2.01. The van der Waals surface area contributed by atoms with Gasteiger partial charge in [0.05, 0.1) is 12.7 Å².